The van der Waals surface area contributed by atoms with E-state index in [1.807, 2.05) is 13.8 Å². The largest absolute Gasteiger partial charge is 0.486 e. The van der Waals surface area contributed by atoms with Crippen molar-refractivity contribution in [2.75, 3.05) is 36.4 Å². The molecule has 0 aliphatic carbocycles. The van der Waals surface area contributed by atoms with Gasteiger partial charge in [-0.1, -0.05) is 37.6 Å². The number of ether oxygens (including phenoxy) is 2. The molecule has 3 rings (SSSR count). The molecule has 2 aromatic carbocycles. The van der Waals surface area contributed by atoms with Gasteiger partial charge in [-0.25, -0.2) is 8.42 Å². The summed E-state index contributed by atoms with van der Waals surface area (Å²) in [7, 11) is -3.85. The normalized spacial score (nSPS) is 13.7. The minimum Gasteiger partial charge on any atom is -0.486 e. The average molecular weight is 552 g/mol. The van der Waals surface area contributed by atoms with Crippen molar-refractivity contribution in [3.8, 4) is 11.5 Å². The number of rotatable bonds is 11. The quantitative estimate of drug-likeness (QED) is 0.458. The molecule has 0 bridgehead atoms. The van der Waals surface area contributed by atoms with Crippen LogP contribution in [-0.4, -0.2) is 63.2 Å². The van der Waals surface area contributed by atoms with Gasteiger partial charge in [-0.3, -0.25) is 13.9 Å². The fourth-order valence-electron chi connectivity index (χ4n) is 3.77. The highest BCUT2D eigenvalue weighted by atomic mass is 35.5. The second-order valence-corrected chi connectivity index (χ2v) is 11.8. The fraction of sp³-hybridized carbons (Fsp3) is 0.462. The number of hydrogen-bond donors (Lipinski definition) is 1. The molecule has 0 saturated heterocycles. The van der Waals surface area contributed by atoms with Crippen LogP contribution >= 0.6 is 11.6 Å². The van der Waals surface area contributed by atoms with Crippen molar-refractivity contribution in [1.82, 2.24) is 10.2 Å². The van der Waals surface area contributed by atoms with Crippen LogP contribution in [0, 0.1) is 5.92 Å². The maximum atomic E-state index is 13.7. The summed E-state index contributed by atoms with van der Waals surface area (Å²) in [5, 5.41) is 3.35. The van der Waals surface area contributed by atoms with Crippen LogP contribution in [0.4, 0.5) is 5.69 Å². The Morgan fingerprint density at radius 2 is 1.76 bits per heavy atom. The van der Waals surface area contributed by atoms with Crippen molar-refractivity contribution < 1.29 is 27.5 Å². The molecule has 202 valence electrons. The van der Waals surface area contributed by atoms with Gasteiger partial charge in [-0.2, -0.15) is 0 Å². The van der Waals surface area contributed by atoms with E-state index in [0.717, 1.165) is 4.31 Å². The van der Waals surface area contributed by atoms with E-state index in [0.29, 0.717) is 41.8 Å². The van der Waals surface area contributed by atoms with E-state index in [1.165, 1.54) is 11.8 Å². The standard InChI is InChI=1S/C26H34ClN3O6S/c1-5-37(33,34)30(22-9-10-23-24(14-22)36-12-11-35-23)17-25(31)29(16-20-7-6-8-21(27)13-20)19(4)26(32)28-15-18(2)3/h6-10,13-14,18-19H,5,11-12,15-17H2,1-4H3,(H,28,32)/t19-/m0/s1. The minimum absolute atomic E-state index is 0.0802. The van der Waals surface area contributed by atoms with Gasteiger partial charge >= 0.3 is 0 Å². The maximum absolute atomic E-state index is 13.7. The zero-order valence-electron chi connectivity index (χ0n) is 21.6. The van der Waals surface area contributed by atoms with E-state index in [-0.39, 0.29) is 29.8 Å². The van der Waals surface area contributed by atoms with Crippen LogP contribution in [0.25, 0.3) is 0 Å². The SMILES string of the molecule is CCS(=O)(=O)N(CC(=O)N(Cc1cccc(Cl)c1)[C@@H](C)C(=O)NCC(C)C)c1ccc2c(c1)OCCO2. The lowest BCUT2D eigenvalue weighted by Gasteiger charge is -2.32. The highest BCUT2D eigenvalue weighted by Gasteiger charge is 2.31. The molecule has 9 nitrogen and oxygen atoms in total. The number of halogens is 1. The van der Waals surface area contributed by atoms with Crippen molar-refractivity contribution in [1.29, 1.82) is 0 Å². The molecular weight excluding hydrogens is 518 g/mol. The molecule has 0 fully saturated rings. The molecule has 1 aliphatic heterocycles. The summed E-state index contributed by atoms with van der Waals surface area (Å²) in [6.45, 7) is 7.87. The first kappa shape index (κ1) is 28.6. The Morgan fingerprint density at radius 1 is 1.05 bits per heavy atom. The molecule has 2 amide bonds. The minimum atomic E-state index is -3.85. The topological polar surface area (TPSA) is 105 Å². The molecule has 0 radical (unpaired) electrons. The second-order valence-electron chi connectivity index (χ2n) is 9.20. The van der Waals surface area contributed by atoms with Gasteiger partial charge < -0.3 is 19.7 Å². The molecule has 0 unspecified atom stereocenters. The smallest absolute Gasteiger partial charge is 0.244 e. The Bertz CT molecular complexity index is 1220. The number of carbonyl (C=O) groups excluding carboxylic acids is 2. The lowest BCUT2D eigenvalue weighted by Crippen LogP contribution is -2.51. The molecule has 0 aromatic heterocycles. The number of benzene rings is 2. The summed E-state index contributed by atoms with van der Waals surface area (Å²) < 4.78 is 38.4. The maximum Gasteiger partial charge on any atom is 0.244 e. The second kappa shape index (κ2) is 12.5. The third-order valence-corrected chi connectivity index (χ3v) is 7.86. The Labute approximate surface area is 223 Å². The van der Waals surface area contributed by atoms with Crippen LogP contribution in [0.1, 0.15) is 33.3 Å². The highest BCUT2D eigenvalue weighted by Crippen LogP contribution is 2.35. The predicted octanol–water partition coefficient (Wildman–Crippen LogP) is 3.46. The fourth-order valence-corrected chi connectivity index (χ4v) is 5.04. The van der Waals surface area contributed by atoms with E-state index in [4.69, 9.17) is 21.1 Å². The van der Waals surface area contributed by atoms with Crippen LogP contribution in [0.2, 0.25) is 5.02 Å². The van der Waals surface area contributed by atoms with Crippen LogP contribution in [0.3, 0.4) is 0 Å². The van der Waals surface area contributed by atoms with Crippen LogP contribution in [0.5, 0.6) is 11.5 Å². The molecule has 37 heavy (non-hydrogen) atoms. The van der Waals surface area contributed by atoms with Crippen molar-refractivity contribution in [3.05, 3.63) is 53.1 Å². The third kappa shape index (κ3) is 7.52. The predicted molar refractivity (Wildman–Crippen MR) is 144 cm³/mol. The lowest BCUT2D eigenvalue weighted by atomic mass is 10.1. The van der Waals surface area contributed by atoms with Gasteiger partial charge in [0.05, 0.1) is 11.4 Å². The number of hydrogen-bond acceptors (Lipinski definition) is 6. The third-order valence-electron chi connectivity index (χ3n) is 5.89. The first-order valence-electron chi connectivity index (χ1n) is 12.2. The van der Waals surface area contributed by atoms with Gasteiger partial charge in [0.15, 0.2) is 11.5 Å². The first-order chi connectivity index (χ1) is 17.5. The number of amides is 2. The molecule has 1 N–H and O–H groups in total. The highest BCUT2D eigenvalue weighted by molar-refractivity contribution is 7.92. The van der Waals surface area contributed by atoms with Crippen molar-refractivity contribution in [3.63, 3.8) is 0 Å². The summed E-state index contributed by atoms with van der Waals surface area (Å²) in [6.07, 6.45) is 0. The number of fused-ring (bicyclic) bond motifs is 1. The van der Waals surface area contributed by atoms with E-state index in [1.54, 1.807) is 49.4 Å². The Hall–Kier alpha value is -2.98. The molecule has 2 aromatic rings. The van der Waals surface area contributed by atoms with Crippen LogP contribution in [-0.2, 0) is 26.2 Å². The van der Waals surface area contributed by atoms with Crippen molar-refractivity contribution >= 4 is 39.1 Å². The lowest BCUT2D eigenvalue weighted by molar-refractivity contribution is -0.139. The number of sulfonamides is 1. The van der Waals surface area contributed by atoms with Crippen molar-refractivity contribution in [2.45, 2.75) is 40.3 Å². The molecule has 0 spiro atoms. The van der Waals surface area contributed by atoms with E-state index in [2.05, 4.69) is 5.32 Å². The Balaban J connectivity index is 1.93. The average Bonchev–Trinajstić information content (AvgIpc) is 2.88. The van der Waals surface area contributed by atoms with Crippen LogP contribution in [0.15, 0.2) is 42.5 Å². The zero-order valence-corrected chi connectivity index (χ0v) is 23.1. The molecule has 1 atom stereocenters. The molecule has 1 heterocycles. The zero-order chi connectivity index (χ0) is 27.2. The number of carbonyl (C=O) groups is 2. The number of anilines is 1. The summed E-state index contributed by atoms with van der Waals surface area (Å²) in [5.41, 5.74) is 0.993. The van der Waals surface area contributed by atoms with Gasteiger partial charge in [0.2, 0.25) is 21.8 Å². The van der Waals surface area contributed by atoms with E-state index in [9.17, 15) is 18.0 Å². The summed E-state index contributed by atoms with van der Waals surface area (Å²) in [6, 6.07) is 10.9. The molecule has 1 aliphatic rings. The number of nitrogens with zero attached hydrogens (tertiary/aromatic N) is 2. The van der Waals surface area contributed by atoms with Crippen molar-refractivity contribution in [2.24, 2.45) is 5.92 Å². The summed E-state index contributed by atoms with van der Waals surface area (Å²) in [5.74, 6) is 0.0758. The van der Waals surface area contributed by atoms with Gasteiger partial charge in [-0.05, 0) is 49.6 Å². The molecule has 0 saturated carbocycles. The van der Waals surface area contributed by atoms with Gasteiger partial charge in [-0.15, -0.1) is 0 Å². The number of nitrogens with one attached hydrogen (secondary N) is 1. The van der Waals surface area contributed by atoms with Gasteiger partial charge in [0.25, 0.3) is 0 Å². The molecule has 11 heteroatoms. The molecular formula is C26H34ClN3O6S. The van der Waals surface area contributed by atoms with E-state index >= 15 is 0 Å². The Kier molecular flexibility index (Phi) is 9.67. The first-order valence-corrected chi connectivity index (χ1v) is 14.2. The summed E-state index contributed by atoms with van der Waals surface area (Å²) >= 11 is 6.14. The Morgan fingerprint density at radius 3 is 2.41 bits per heavy atom. The van der Waals surface area contributed by atoms with E-state index < -0.39 is 28.5 Å². The summed E-state index contributed by atoms with van der Waals surface area (Å²) in [4.78, 5) is 28.0. The monoisotopic (exact) mass is 551 g/mol. The van der Waals surface area contributed by atoms with Gasteiger partial charge in [0.1, 0.15) is 25.8 Å². The van der Waals surface area contributed by atoms with Crippen LogP contribution < -0.4 is 19.1 Å². The van der Waals surface area contributed by atoms with Gasteiger partial charge in [0, 0.05) is 24.2 Å².